The molecule has 3 heteroatoms. The molecule has 2 N–H and O–H groups in total. The Morgan fingerprint density at radius 1 is 1.20 bits per heavy atom. The summed E-state index contributed by atoms with van der Waals surface area (Å²) in [6.45, 7) is 7.87. The number of hydrogen-bond donors (Lipinski definition) is 1. The van der Waals surface area contributed by atoms with Gasteiger partial charge in [0.05, 0.1) is 0 Å². The normalized spacial score (nSPS) is 36.8. The van der Waals surface area contributed by atoms with Gasteiger partial charge in [0.25, 0.3) is 0 Å². The highest BCUT2D eigenvalue weighted by molar-refractivity contribution is 4.93. The summed E-state index contributed by atoms with van der Waals surface area (Å²) in [6.07, 6.45) is 2.80. The van der Waals surface area contributed by atoms with E-state index in [0.29, 0.717) is 18.1 Å². The summed E-state index contributed by atoms with van der Waals surface area (Å²) >= 11 is 0. The highest BCUT2D eigenvalue weighted by Gasteiger charge is 2.38. The molecule has 1 saturated heterocycles. The Hall–Kier alpha value is -0.120. The van der Waals surface area contributed by atoms with E-state index in [1.807, 2.05) is 0 Å². The molecule has 0 amide bonds. The molecule has 2 aliphatic rings. The number of nitrogens with zero attached hydrogens (tertiary/aromatic N) is 2. The van der Waals surface area contributed by atoms with E-state index in [-0.39, 0.29) is 0 Å². The summed E-state index contributed by atoms with van der Waals surface area (Å²) in [4.78, 5) is 5.12. The van der Waals surface area contributed by atoms with Crippen LogP contribution in [0.5, 0.6) is 0 Å². The lowest BCUT2D eigenvalue weighted by atomic mass is 10.0. The molecular formula is C12H25N3. The quantitative estimate of drug-likeness (QED) is 0.747. The zero-order chi connectivity index (χ0) is 11.0. The van der Waals surface area contributed by atoms with E-state index in [9.17, 15) is 0 Å². The number of nitrogens with two attached hydrogens (primary N) is 1. The molecular weight excluding hydrogens is 186 g/mol. The van der Waals surface area contributed by atoms with Crippen LogP contribution in [0.15, 0.2) is 0 Å². The lowest BCUT2D eigenvalue weighted by Crippen LogP contribution is -2.59. The van der Waals surface area contributed by atoms with Crippen molar-refractivity contribution in [3.8, 4) is 0 Å². The van der Waals surface area contributed by atoms with E-state index in [1.54, 1.807) is 0 Å². The molecule has 1 saturated carbocycles. The van der Waals surface area contributed by atoms with Gasteiger partial charge in [0.1, 0.15) is 0 Å². The number of rotatable bonds is 3. The van der Waals surface area contributed by atoms with Crippen LogP contribution >= 0.6 is 0 Å². The van der Waals surface area contributed by atoms with Crippen LogP contribution in [0.1, 0.15) is 26.7 Å². The first-order valence-corrected chi connectivity index (χ1v) is 6.29. The summed E-state index contributed by atoms with van der Waals surface area (Å²) < 4.78 is 0. The van der Waals surface area contributed by atoms with E-state index in [2.05, 4.69) is 30.7 Å². The summed E-state index contributed by atoms with van der Waals surface area (Å²) in [5, 5.41) is 0. The van der Waals surface area contributed by atoms with Crippen LogP contribution in [-0.2, 0) is 0 Å². The molecule has 0 spiro atoms. The van der Waals surface area contributed by atoms with E-state index in [4.69, 9.17) is 5.73 Å². The molecule has 2 fully saturated rings. The number of piperazine rings is 1. The maximum Gasteiger partial charge on any atom is 0.0247 e. The van der Waals surface area contributed by atoms with Gasteiger partial charge in [-0.25, -0.2) is 0 Å². The minimum atomic E-state index is 0.656. The fraction of sp³-hybridized carbons (Fsp3) is 1.00. The largest absolute Gasteiger partial charge is 0.329 e. The van der Waals surface area contributed by atoms with Crippen molar-refractivity contribution in [3.63, 3.8) is 0 Å². The number of likely N-dealkylation sites (N-methyl/N-ethyl adjacent to an activating group) is 1. The van der Waals surface area contributed by atoms with Crippen molar-refractivity contribution >= 4 is 0 Å². The highest BCUT2D eigenvalue weighted by Crippen LogP contribution is 2.35. The summed E-state index contributed by atoms with van der Waals surface area (Å²) in [7, 11) is 2.24. The van der Waals surface area contributed by atoms with Crippen LogP contribution in [0.2, 0.25) is 0 Å². The Labute approximate surface area is 93.6 Å². The zero-order valence-electron chi connectivity index (χ0n) is 10.3. The van der Waals surface area contributed by atoms with E-state index in [0.717, 1.165) is 12.5 Å². The van der Waals surface area contributed by atoms with Crippen LogP contribution in [0.3, 0.4) is 0 Å². The van der Waals surface area contributed by atoms with Crippen molar-refractivity contribution in [3.05, 3.63) is 0 Å². The zero-order valence-corrected chi connectivity index (χ0v) is 10.3. The molecule has 0 bridgehead atoms. The van der Waals surface area contributed by atoms with Gasteiger partial charge in [-0.05, 0) is 39.7 Å². The van der Waals surface area contributed by atoms with Crippen LogP contribution in [0, 0.1) is 5.92 Å². The van der Waals surface area contributed by atoms with Gasteiger partial charge in [-0.3, -0.25) is 9.80 Å². The van der Waals surface area contributed by atoms with E-state index >= 15 is 0 Å². The summed E-state index contributed by atoms with van der Waals surface area (Å²) in [6, 6.07) is 1.99. The third kappa shape index (κ3) is 2.35. The second kappa shape index (κ2) is 4.40. The Balaban J connectivity index is 1.97. The predicted molar refractivity (Wildman–Crippen MR) is 63.8 cm³/mol. The molecule has 1 aliphatic heterocycles. The van der Waals surface area contributed by atoms with Gasteiger partial charge in [-0.15, -0.1) is 0 Å². The SMILES string of the molecule is CC1CN(C(CN)C2CC2)CC(C)N1C. The molecule has 1 aliphatic carbocycles. The van der Waals surface area contributed by atoms with Crippen molar-refractivity contribution in [1.29, 1.82) is 0 Å². The molecule has 0 aromatic rings. The third-order valence-corrected chi connectivity index (χ3v) is 4.26. The van der Waals surface area contributed by atoms with Gasteiger partial charge in [0.15, 0.2) is 0 Å². The highest BCUT2D eigenvalue weighted by atomic mass is 15.3. The lowest BCUT2D eigenvalue weighted by Gasteiger charge is -2.45. The Morgan fingerprint density at radius 2 is 1.73 bits per heavy atom. The molecule has 88 valence electrons. The molecule has 0 radical (unpaired) electrons. The van der Waals surface area contributed by atoms with Crippen LogP contribution in [-0.4, -0.2) is 54.6 Å². The molecule has 0 aromatic heterocycles. The fourth-order valence-corrected chi connectivity index (χ4v) is 2.84. The smallest absolute Gasteiger partial charge is 0.0247 e. The molecule has 2 rings (SSSR count). The van der Waals surface area contributed by atoms with Crippen molar-refractivity contribution in [2.24, 2.45) is 11.7 Å². The van der Waals surface area contributed by atoms with E-state index < -0.39 is 0 Å². The first kappa shape index (κ1) is 11.4. The lowest BCUT2D eigenvalue weighted by molar-refractivity contribution is 0.0299. The Bertz CT molecular complexity index is 203. The summed E-state index contributed by atoms with van der Waals surface area (Å²) in [5.41, 5.74) is 5.91. The predicted octanol–water partition coefficient (Wildman–Crippen LogP) is 0.748. The Morgan fingerprint density at radius 3 is 2.13 bits per heavy atom. The van der Waals surface area contributed by atoms with Crippen molar-refractivity contribution < 1.29 is 0 Å². The van der Waals surface area contributed by atoms with Gasteiger partial charge in [-0.2, -0.15) is 0 Å². The average Bonchev–Trinajstić information content (AvgIpc) is 2.99. The summed E-state index contributed by atoms with van der Waals surface area (Å²) in [5.74, 6) is 0.901. The van der Waals surface area contributed by atoms with Gasteiger partial charge in [-0.1, -0.05) is 0 Å². The topological polar surface area (TPSA) is 32.5 Å². The van der Waals surface area contributed by atoms with Crippen molar-refractivity contribution in [2.45, 2.75) is 44.8 Å². The second-order valence-electron chi connectivity index (χ2n) is 5.46. The average molecular weight is 211 g/mol. The van der Waals surface area contributed by atoms with Gasteiger partial charge < -0.3 is 5.73 Å². The molecule has 3 unspecified atom stereocenters. The van der Waals surface area contributed by atoms with Crippen molar-refractivity contribution in [1.82, 2.24) is 9.80 Å². The number of hydrogen-bond acceptors (Lipinski definition) is 3. The molecule has 0 aromatic carbocycles. The van der Waals surface area contributed by atoms with Gasteiger partial charge >= 0.3 is 0 Å². The maximum absolute atomic E-state index is 5.91. The van der Waals surface area contributed by atoms with Crippen LogP contribution in [0.4, 0.5) is 0 Å². The third-order valence-electron chi connectivity index (χ3n) is 4.26. The molecule has 3 nitrogen and oxygen atoms in total. The first-order chi connectivity index (χ1) is 7.13. The van der Waals surface area contributed by atoms with Gasteiger partial charge in [0, 0.05) is 37.8 Å². The minimum absolute atomic E-state index is 0.656. The van der Waals surface area contributed by atoms with Crippen molar-refractivity contribution in [2.75, 3.05) is 26.7 Å². The van der Waals surface area contributed by atoms with E-state index in [1.165, 1.54) is 25.9 Å². The van der Waals surface area contributed by atoms with Crippen LogP contribution < -0.4 is 5.73 Å². The second-order valence-corrected chi connectivity index (χ2v) is 5.46. The van der Waals surface area contributed by atoms with Crippen LogP contribution in [0.25, 0.3) is 0 Å². The maximum atomic E-state index is 5.91. The Kier molecular flexibility index (Phi) is 3.33. The molecule has 15 heavy (non-hydrogen) atoms. The molecule has 3 atom stereocenters. The van der Waals surface area contributed by atoms with Gasteiger partial charge in [0.2, 0.25) is 0 Å². The molecule has 1 heterocycles. The fourth-order valence-electron chi connectivity index (χ4n) is 2.84. The monoisotopic (exact) mass is 211 g/mol. The standard InChI is InChI=1S/C12H25N3/c1-9-7-15(8-10(2)14(9)3)12(6-13)11-4-5-11/h9-12H,4-8,13H2,1-3H3. The first-order valence-electron chi connectivity index (χ1n) is 6.29. The minimum Gasteiger partial charge on any atom is -0.329 e.